The molecule has 3 rings (SSSR count). The zero-order valence-electron chi connectivity index (χ0n) is 13.7. The SMILES string of the molecule is O=C(NC(CCCO)c1ccccc1)C1COc2ccccc2C1. The number of hydrogen-bond acceptors (Lipinski definition) is 3. The predicted octanol–water partition coefficient (Wildman–Crippen LogP) is 2.87. The number of hydrogen-bond donors (Lipinski definition) is 2. The highest BCUT2D eigenvalue weighted by Gasteiger charge is 2.27. The maximum Gasteiger partial charge on any atom is 0.227 e. The van der Waals surface area contributed by atoms with Crippen molar-refractivity contribution in [2.24, 2.45) is 5.92 Å². The normalized spacial score (nSPS) is 17.5. The molecule has 2 aromatic rings. The van der Waals surface area contributed by atoms with E-state index in [1.54, 1.807) is 0 Å². The third-order valence-electron chi connectivity index (χ3n) is 4.42. The standard InChI is InChI=1S/C20H23NO3/c22-12-6-10-18(15-7-2-1-3-8-15)21-20(23)17-13-16-9-4-5-11-19(16)24-14-17/h1-5,7-9,11,17-18,22H,6,10,12-14H2,(H,21,23). The van der Waals surface area contributed by atoms with Crippen LogP contribution in [-0.4, -0.2) is 24.2 Å². The molecule has 0 radical (unpaired) electrons. The highest BCUT2D eigenvalue weighted by molar-refractivity contribution is 5.80. The van der Waals surface area contributed by atoms with Crippen molar-refractivity contribution < 1.29 is 14.6 Å². The molecule has 0 aromatic heterocycles. The van der Waals surface area contributed by atoms with Crippen LogP contribution in [0.3, 0.4) is 0 Å². The number of carbonyl (C=O) groups is 1. The van der Waals surface area contributed by atoms with Gasteiger partial charge in [0.15, 0.2) is 0 Å². The number of benzene rings is 2. The van der Waals surface area contributed by atoms with Crippen molar-refractivity contribution in [1.29, 1.82) is 0 Å². The van der Waals surface area contributed by atoms with Gasteiger partial charge in [-0.3, -0.25) is 4.79 Å². The van der Waals surface area contributed by atoms with Crippen LogP contribution in [0.15, 0.2) is 54.6 Å². The number of carbonyl (C=O) groups excluding carboxylic acids is 1. The Kier molecular flexibility index (Phi) is 5.49. The molecule has 0 saturated heterocycles. The number of aliphatic hydroxyl groups excluding tert-OH is 1. The molecule has 126 valence electrons. The Morgan fingerprint density at radius 1 is 1.17 bits per heavy atom. The van der Waals surface area contributed by atoms with Crippen LogP contribution in [0.4, 0.5) is 0 Å². The Bertz CT molecular complexity index is 672. The lowest BCUT2D eigenvalue weighted by Crippen LogP contribution is -2.39. The molecule has 0 saturated carbocycles. The Balaban J connectivity index is 1.67. The topological polar surface area (TPSA) is 58.6 Å². The largest absolute Gasteiger partial charge is 0.492 e. The number of fused-ring (bicyclic) bond motifs is 1. The van der Waals surface area contributed by atoms with Gasteiger partial charge in [0.25, 0.3) is 0 Å². The number of nitrogens with one attached hydrogen (secondary N) is 1. The summed E-state index contributed by atoms with van der Waals surface area (Å²) in [6, 6.07) is 17.7. The quantitative estimate of drug-likeness (QED) is 0.858. The highest BCUT2D eigenvalue weighted by atomic mass is 16.5. The van der Waals surface area contributed by atoms with Crippen molar-refractivity contribution in [2.75, 3.05) is 13.2 Å². The minimum atomic E-state index is -0.180. The molecule has 24 heavy (non-hydrogen) atoms. The first-order chi connectivity index (χ1) is 11.8. The highest BCUT2D eigenvalue weighted by Crippen LogP contribution is 2.27. The van der Waals surface area contributed by atoms with E-state index < -0.39 is 0 Å². The molecule has 2 atom stereocenters. The molecule has 4 heteroatoms. The number of aliphatic hydroxyl groups is 1. The molecule has 2 N–H and O–H groups in total. The fraction of sp³-hybridized carbons (Fsp3) is 0.350. The number of amides is 1. The summed E-state index contributed by atoms with van der Waals surface area (Å²) in [4.78, 5) is 12.7. The third kappa shape index (κ3) is 3.95. The minimum absolute atomic E-state index is 0.0105. The predicted molar refractivity (Wildman–Crippen MR) is 92.8 cm³/mol. The molecular weight excluding hydrogens is 302 g/mol. The first kappa shape index (κ1) is 16.5. The second-order valence-corrected chi connectivity index (χ2v) is 6.16. The van der Waals surface area contributed by atoms with Crippen molar-refractivity contribution in [2.45, 2.75) is 25.3 Å². The van der Waals surface area contributed by atoms with Crippen molar-refractivity contribution in [1.82, 2.24) is 5.32 Å². The minimum Gasteiger partial charge on any atom is -0.492 e. The molecular formula is C20H23NO3. The molecule has 1 aliphatic heterocycles. The van der Waals surface area contributed by atoms with Crippen LogP contribution in [0.5, 0.6) is 5.75 Å². The zero-order chi connectivity index (χ0) is 16.8. The Hall–Kier alpha value is -2.33. The first-order valence-corrected chi connectivity index (χ1v) is 8.45. The van der Waals surface area contributed by atoms with E-state index in [9.17, 15) is 4.79 Å². The van der Waals surface area contributed by atoms with Gasteiger partial charge in [0.1, 0.15) is 12.4 Å². The van der Waals surface area contributed by atoms with Crippen LogP contribution in [0.25, 0.3) is 0 Å². The fourth-order valence-corrected chi connectivity index (χ4v) is 3.09. The van der Waals surface area contributed by atoms with E-state index in [4.69, 9.17) is 9.84 Å². The van der Waals surface area contributed by atoms with E-state index in [-0.39, 0.29) is 24.5 Å². The summed E-state index contributed by atoms with van der Waals surface area (Å²) in [6.07, 6.45) is 2.07. The monoisotopic (exact) mass is 325 g/mol. The second kappa shape index (κ2) is 7.97. The molecule has 0 bridgehead atoms. The lowest BCUT2D eigenvalue weighted by molar-refractivity contribution is -0.127. The van der Waals surface area contributed by atoms with Gasteiger partial charge in [-0.1, -0.05) is 48.5 Å². The maximum absolute atomic E-state index is 12.7. The second-order valence-electron chi connectivity index (χ2n) is 6.16. The molecule has 2 unspecified atom stereocenters. The van der Waals surface area contributed by atoms with Crippen molar-refractivity contribution in [3.05, 3.63) is 65.7 Å². The summed E-state index contributed by atoms with van der Waals surface area (Å²) in [5.41, 5.74) is 2.15. The summed E-state index contributed by atoms with van der Waals surface area (Å²) in [6.45, 7) is 0.531. The van der Waals surface area contributed by atoms with Crippen molar-refractivity contribution in [3.63, 3.8) is 0 Å². The Morgan fingerprint density at radius 2 is 1.92 bits per heavy atom. The van der Waals surface area contributed by atoms with Gasteiger partial charge in [0.05, 0.1) is 12.0 Å². The first-order valence-electron chi connectivity index (χ1n) is 8.45. The molecule has 0 fully saturated rings. The van der Waals surface area contributed by atoms with Gasteiger partial charge in [-0.15, -0.1) is 0 Å². The maximum atomic E-state index is 12.7. The fourth-order valence-electron chi connectivity index (χ4n) is 3.09. The summed E-state index contributed by atoms with van der Waals surface area (Å²) >= 11 is 0. The molecule has 0 aliphatic carbocycles. The van der Waals surface area contributed by atoms with Crippen molar-refractivity contribution in [3.8, 4) is 5.75 Å². The van der Waals surface area contributed by atoms with Crippen LogP contribution >= 0.6 is 0 Å². The smallest absolute Gasteiger partial charge is 0.227 e. The molecule has 0 spiro atoms. The van der Waals surface area contributed by atoms with Gasteiger partial charge in [0, 0.05) is 6.61 Å². The van der Waals surface area contributed by atoms with E-state index >= 15 is 0 Å². The van der Waals surface area contributed by atoms with E-state index in [0.29, 0.717) is 19.4 Å². The Morgan fingerprint density at radius 3 is 2.71 bits per heavy atom. The van der Waals surface area contributed by atoms with E-state index in [1.165, 1.54) is 0 Å². The van der Waals surface area contributed by atoms with E-state index in [2.05, 4.69) is 5.32 Å². The van der Waals surface area contributed by atoms with Crippen LogP contribution < -0.4 is 10.1 Å². The number of para-hydroxylation sites is 1. The summed E-state index contributed by atoms with van der Waals surface area (Å²) < 4.78 is 5.72. The molecule has 4 nitrogen and oxygen atoms in total. The number of ether oxygens (including phenoxy) is 1. The van der Waals surface area contributed by atoms with Gasteiger partial charge in [0.2, 0.25) is 5.91 Å². The van der Waals surface area contributed by atoms with Crippen LogP contribution in [-0.2, 0) is 11.2 Å². The van der Waals surface area contributed by atoms with Gasteiger partial charge in [-0.2, -0.15) is 0 Å². The van der Waals surface area contributed by atoms with Crippen LogP contribution in [0.2, 0.25) is 0 Å². The molecule has 1 amide bonds. The summed E-state index contributed by atoms with van der Waals surface area (Å²) in [5, 5.41) is 12.3. The lowest BCUT2D eigenvalue weighted by Gasteiger charge is -2.27. The van der Waals surface area contributed by atoms with Gasteiger partial charge < -0.3 is 15.2 Å². The summed E-state index contributed by atoms with van der Waals surface area (Å²) in [5.74, 6) is 0.706. The van der Waals surface area contributed by atoms with Crippen LogP contribution in [0, 0.1) is 5.92 Å². The van der Waals surface area contributed by atoms with E-state index in [0.717, 1.165) is 23.3 Å². The number of rotatable bonds is 6. The third-order valence-corrected chi connectivity index (χ3v) is 4.42. The lowest BCUT2D eigenvalue weighted by atomic mass is 9.94. The van der Waals surface area contributed by atoms with Gasteiger partial charge in [-0.25, -0.2) is 0 Å². The van der Waals surface area contributed by atoms with Crippen LogP contribution in [0.1, 0.15) is 30.0 Å². The Labute approximate surface area is 142 Å². The molecule has 1 aliphatic rings. The average molecular weight is 325 g/mol. The van der Waals surface area contributed by atoms with Gasteiger partial charge >= 0.3 is 0 Å². The summed E-state index contributed by atoms with van der Waals surface area (Å²) in [7, 11) is 0. The van der Waals surface area contributed by atoms with Gasteiger partial charge in [-0.05, 0) is 36.5 Å². The van der Waals surface area contributed by atoms with E-state index in [1.807, 2.05) is 54.6 Å². The molecule has 1 heterocycles. The molecule has 2 aromatic carbocycles. The average Bonchev–Trinajstić information content (AvgIpc) is 2.65. The zero-order valence-corrected chi connectivity index (χ0v) is 13.7. The van der Waals surface area contributed by atoms with Crippen molar-refractivity contribution >= 4 is 5.91 Å².